The van der Waals surface area contributed by atoms with Gasteiger partial charge >= 0.3 is 0 Å². The number of halogens is 2. The van der Waals surface area contributed by atoms with Gasteiger partial charge in [0, 0.05) is 40.8 Å². The molecule has 4 aromatic rings. The number of fused-ring (bicyclic) bond motifs is 3. The highest BCUT2D eigenvalue weighted by Crippen LogP contribution is 2.39. The third-order valence-corrected chi connectivity index (χ3v) is 5.88. The third kappa shape index (κ3) is 3.20. The predicted molar refractivity (Wildman–Crippen MR) is 114 cm³/mol. The molecule has 32 heavy (non-hydrogen) atoms. The van der Waals surface area contributed by atoms with Gasteiger partial charge in [0.15, 0.2) is 11.6 Å². The van der Waals surface area contributed by atoms with Crippen LogP contribution in [-0.2, 0) is 6.42 Å². The topological polar surface area (TPSA) is 79.2 Å². The molecule has 6 nitrogen and oxygen atoms in total. The highest BCUT2D eigenvalue weighted by molar-refractivity contribution is 5.95. The van der Waals surface area contributed by atoms with Gasteiger partial charge in [0.2, 0.25) is 0 Å². The maximum atomic E-state index is 13.8. The minimum absolute atomic E-state index is 0.0374. The van der Waals surface area contributed by atoms with Gasteiger partial charge in [-0.1, -0.05) is 18.2 Å². The minimum atomic E-state index is -1.09. The summed E-state index contributed by atoms with van der Waals surface area (Å²) in [6, 6.07) is 16.4. The fraction of sp³-hybridized carbons (Fsp3) is 0.125. The van der Waals surface area contributed by atoms with Crippen molar-refractivity contribution in [2.24, 2.45) is 0 Å². The summed E-state index contributed by atoms with van der Waals surface area (Å²) in [5.41, 5.74) is 3.46. The molecule has 1 aromatic heterocycles. The zero-order valence-corrected chi connectivity index (χ0v) is 16.7. The first kappa shape index (κ1) is 19.9. The lowest BCUT2D eigenvalue weighted by Crippen LogP contribution is -2.40. The van der Waals surface area contributed by atoms with E-state index in [0.717, 1.165) is 34.3 Å². The van der Waals surface area contributed by atoms with E-state index in [1.165, 1.54) is 18.2 Å². The van der Waals surface area contributed by atoms with Crippen molar-refractivity contribution < 1.29 is 18.5 Å². The van der Waals surface area contributed by atoms with Crippen LogP contribution in [0, 0.1) is 21.7 Å². The lowest BCUT2D eigenvalue weighted by atomic mass is 9.91. The van der Waals surface area contributed by atoms with Crippen molar-refractivity contribution in [3.05, 3.63) is 111 Å². The quantitative estimate of drug-likeness (QED) is 0.359. The van der Waals surface area contributed by atoms with Crippen LogP contribution < -0.4 is 0 Å². The van der Waals surface area contributed by atoms with Crippen molar-refractivity contribution in [1.82, 2.24) is 9.88 Å². The van der Waals surface area contributed by atoms with Crippen molar-refractivity contribution in [2.45, 2.75) is 12.5 Å². The van der Waals surface area contributed by atoms with E-state index >= 15 is 0 Å². The van der Waals surface area contributed by atoms with Crippen LogP contribution in [0.15, 0.2) is 66.7 Å². The number of H-pyrrole nitrogens is 1. The van der Waals surface area contributed by atoms with Crippen molar-refractivity contribution in [3.63, 3.8) is 0 Å². The number of nitro groups is 1. The average molecular weight is 433 g/mol. The fourth-order valence-corrected chi connectivity index (χ4v) is 4.38. The van der Waals surface area contributed by atoms with Crippen molar-refractivity contribution in [3.8, 4) is 0 Å². The average Bonchev–Trinajstić information content (AvgIpc) is 3.18. The van der Waals surface area contributed by atoms with Gasteiger partial charge in [0.1, 0.15) is 0 Å². The Bertz CT molecular complexity index is 1360. The van der Waals surface area contributed by atoms with Crippen LogP contribution in [0.3, 0.4) is 0 Å². The summed E-state index contributed by atoms with van der Waals surface area (Å²) < 4.78 is 27.2. The van der Waals surface area contributed by atoms with E-state index in [-0.39, 0.29) is 11.3 Å². The van der Waals surface area contributed by atoms with E-state index in [2.05, 4.69) is 4.98 Å². The van der Waals surface area contributed by atoms with Crippen LogP contribution in [0.2, 0.25) is 0 Å². The number of aromatic nitrogens is 1. The molecule has 0 bridgehead atoms. The first-order valence-electron chi connectivity index (χ1n) is 10.0. The number of nitrogens with zero attached hydrogens (tertiary/aromatic N) is 2. The predicted octanol–water partition coefficient (Wildman–Crippen LogP) is 5.14. The molecule has 0 spiro atoms. The zero-order chi connectivity index (χ0) is 22.4. The summed E-state index contributed by atoms with van der Waals surface area (Å²) in [5, 5.41) is 12.1. The molecule has 1 amide bonds. The maximum absolute atomic E-state index is 13.8. The lowest BCUT2D eigenvalue weighted by molar-refractivity contribution is -0.384. The Balaban J connectivity index is 1.64. The van der Waals surface area contributed by atoms with Gasteiger partial charge in [-0.25, -0.2) is 8.78 Å². The monoisotopic (exact) mass is 433 g/mol. The summed E-state index contributed by atoms with van der Waals surface area (Å²) in [6.45, 7) is 0.355. The standard InChI is InChI=1S/C24H17F2N3O3/c25-19-10-7-15(13-20(19)26)24(30)28-12-11-18-17-3-1-2-4-21(17)27-22(18)23(28)14-5-8-16(9-6-14)29(31)32/h1-10,13,23,27H,11-12H2/t23-/m1/s1. The second-order valence-corrected chi connectivity index (χ2v) is 7.69. The van der Waals surface area contributed by atoms with Crippen LogP contribution in [0.25, 0.3) is 10.9 Å². The fourth-order valence-electron chi connectivity index (χ4n) is 4.38. The van der Waals surface area contributed by atoms with Crippen molar-refractivity contribution in [1.29, 1.82) is 0 Å². The van der Waals surface area contributed by atoms with Gasteiger partial charge in [-0.05, 0) is 53.9 Å². The summed E-state index contributed by atoms with van der Waals surface area (Å²) in [6.07, 6.45) is 0.582. The molecular weight excluding hydrogens is 416 g/mol. The third-order valence-electron chi connectivity index (χ3n) is 5.88. The van der Waals surface area contributed by atoms with Crippen LogP contribution in [0.1, 0.15) is 33.2 Å². The molecule has 5 rings (SSSR count). The molecular formula is C24H17F2N3O3. The first-order valence-corrected chi connectivity index (χ1v) is 10.0. The Morgan fingerprint density at radius 3 is 2.50 bits per heavy atom. The SMILES string of the molecule is O=C(c1ccc(F)c(F)c1)N1CCc2c([nH]c3ccccc23)[C@H]1c1ccc([N+](=O)[O-])cc1. The number of rotatable bonds is 3. The van der Waals surface area contributed by atoms with Gasteiger partial charge in [-0.15, -0.1) is 0 Å². The Morgan fingerprint density at radius 1 is 1.03 bits per heavy atom. The molecule has 1 aliphatic heterocycles. The van der Waals surface area contributed by atoms with E-state index in [4.69, 9.17) is 0 Å². The summed E-state index contributed by atoms with van der Waals surface area (Å²) in [5.74, 6) is -2.56. The molecule has 2 heterocycles. The molecule has 0 aliphatic carbocycles. The number of non-ortho nitro benzene ring substituents is 1. The minimum Gasteiger partial charge on any atom is -0.356 e. The molecule has 1 aliphatic rings. The number of para-hydroxylation sites is 1. The molecule has 160 valence electrons. The molecule has 0 saturated heterocycles. The number of nitro benzene ring substituents is 1. The number of carbonyl (C=O) groups excluding carboxylic acids is 1. The molecule has 0 unspecified atom stereocenters. The van der Waals surface area contributed by atoms with E-state index in [1.54, 1.807) is 17.0 Å². The Kier molecular flexibility index (Phi) is 4.70. The highest BCUT2D eigenvalue weighted by atomic mass is 19.2. The van der Waals surface area contributed by atoms with Crippen molar-refractivity contribution >= 4 is 22.5 Å². The number of hydrogen-bond acceptors (Lipinski definition) is 3. The Hall–Kier alpha value is -4.07. The van der Waals surface area contributed by atoms with Gasteiger partial charge in [0.25, 0.3) is 11.6 Å². The van der Waals surface area contributed by atoms with Crippen LogP contribution in [0.5, 0.6) is 0 Å². The summed E-state index contributed by atoms with van der Waals surface area (Å²) in [4.78, 5) is 29.0. The smallest absolute Gasteiger partial charge is 0.269 e. The second-order valence-electron chi connectivity index (χ2n) is 7.69. The number of nitrogens with one attached hydrogen (secondary N) is 1. The van der Waals surface area contributed by atoms with E-state index in [1.807, 2.05) is 24.3 Å². The zero-order valence-electron chi connectivity index (χ0n) is 16.7. The number of aromatic amines is 1. The molecule has 1 atom stereocenters. The van der Waals surface area contributed by atoms with E-state index in [0.29, 0.717) is 18.5 Å². The largest absolute Gasteiger partial charge is 0.356 e. The molecule has 0 radical (unpaired) electrons. The first-order chi connectivity index (χ1) is 15.4. The Labute approximate surface area is 181 Å². The molecule has 3 aromatic carbocycles. The van der Waals surface area contributed by atoms with Crippen molar-refractivity contribution in [2.75, 3.05) is 6.54 Å². The maximum Gasteiger partial charge on any atom is 0.269 e. The second kappa shape index (κ2) is 7.56. The number of benzene rings is 3. The van der Waals surface area contributed by atoms with E-state index < -0.39 is 28.5 Å². The Morgan fingerprint density at radius 2 is 1.78 bits per heavy atom. The summed E-state index contributed by atoms with van der Waals surface area (Å²) in [7, 11) is 0. The normalized spacial score (nSPS) is 15.6. The lowest BCUT2D eigenvalue weighted by Gasteiger charge is -2.36. The molecule has 0 saturated carbocycles. The number of amides is 1. The van der Waals surface area contributed by atoms with Gasteiger partial charge in [0.05, 0.1) is 11.0 Å². The number of hydrogen-bond donors (Lipinski definition) is 1. The summed E-state index contributed by atoms with van der Waals surface area (Å²) >= 11 is 0. The van der Waals surface area contributed by atoms with E-state index in [9.17, 15) is 23.7 Å². The van der Waals surface area contributed by atoms with Crippen LogP contribution in [-0.4, -0.2) is 27.3 Å². The van der Waals surface area contributed by atoms with Gasteiger partial charge < -0.3 is 9.88 Å². The van der Waals surface area contributed by atoms with Gasteiger partial charge in [-0.2, -0.15) is 0 Å². The number of carbonyl (C=O) groups is 1. The van der Waals surface area contributed by atoms with Gasteiger partial charge in [-0.3, -0.25) is 14.9 Å². The highest BCUT2D eigenvalue weighted by Gasteiger charge is 2.35. The van der Waals surface area contributed by atoms with Crippen LogP contribution in [0.4, 0.5) is 14.5 Å². The molecule has 1 N–H and O–H groups in total. The molecule has 0 fully saturated rings. The molecule has 8 heteroatoms. The van der Waals surface area contributed by atoms with Crippen LogP contribution >= 0.6 is 0 Å².